The standard InChI is InChI=1S/C25H21F2N3O3/c1-25(26,27)33-19-5-3-4-17(10-19)14-30-21-8-6-16(12-28)11-20(21)24(22(30)15-31)18-7-9-23(32-2)29-13-18/h3-11,13,31H,14-15H2,1-2H3. The SMILES string of the molecule is COc1ccc(-c2c(CO)n(Cc3cccc(OC(C)(F)F)c3)c3ccc(C#N)cc23)cn1. The lowest BCUT2D eigenvalue weighted by Crippen LogP contribution is -2.19. The molecule has 4 aromatic rings. The Kier molecular flexibility index (Phi) is 5.99. The predicted octanol–water partition coefficient (Wildman–Crippen LogP) is 5.12. The summed E-state index contributed by atoms with van der Waals surface area (Å²) in [5, 5.41) is 20.5. The van der Waals surface area contributed by atoms with Crippen LogP contribution in [0.4, 0.5) is 8.78 Å². The van der Waals surface area contributed by atoms with E-state index in [2.05, 4.69) is 11.1 Å². The van der Waals surface area contributed by atoms with Gasteiger partial charge in [-0.1, -0.05) is 12.1 Å². The van der Waals surface area contributed by atoms with Crippen LogP contribution in [-0.2, 0) is 13.2 Å². The molecule has 0 saturated heterocycles. The van der Waals surface area contributed by atoms with Crippen molar-refractivity contribution in [2.75, 3.05) is 7.11 Å². The molecule has 0 aliphatic carbocycles. The molecule has 0 spiro atoms. The van der Waals surface area contributed by atoms with E-state index in [1.807, 2.05) is 16.7 Å². The minimum absolute atomic E-state index is 0.0494. The zero-order valence-corrected chi connectivity index (χ0v) is 18.0. The molecule has 0 saturated carbocycles. The Hall–Kier alpha value is -3.96. The van der Waals surface area contributed by atoms with Gasteiger partial charge in [-0.3, -0.25) is 0 Å². The van der Waals surface area contributed by atoms with Gasteiger partial charge in [0.1, 0.15) is 5.75 Å². The largest absolute Gasteiger partial charge is 0.481 e. The number of aliphatic hydroxyl groups is 1. The van der Waals surface area contributed by atoms with Crippen molar-refractivity contribution < 1.29 is 23.4 Å². The number of aliphatic hydroxyl groups excluding tert-OH is 1. The minimum Gasteiger partial charge on any atom is -0.481 e. The Bertz CT molecular complexity index is 1340. The number of alkyl halides is 2. The zero-order valence-electron chi connectivity index (χ0n) is 18.0. The normalized spacial score (nSPS) is 11.4. The molecule has 2 aromatic heterocycles. The van der Waals surface area contributed by atoms with Gasteiger partial charge in [0.15, 0.2) is 0 Å². The molecule has 0 bridgehead atoms. The van der Waals surface area contributed by atoms with Gasteiger partial charge in [-0.25, -0.2) is 4.98 Å². The average Bonchev–Trinajstić information content (AvgIpc) is 3.10. The molecule has 2 aromatic carbocycles. The first-order valence-electron chi connectivity index (χ1n) is 10.1. The van der Waals surface area contributed by atoms with Crippen LogP contribution in [0, 0.1) is 11.3 Å². The molecule has 33 heavy (non-hydrogen) atoms. The van der Waals surface area contributed by atoms with Gasteiger partial charge in [-0.2, -0.15) is 14.0 Å². The van der Waals surface area contributed by atoms with Crippen molar-refractivity contribution in [3.05, 3.63) is 77.6 Å². The number of halogens is 2. The van der Waals surface area contributed by atoms with Crippen molar-refractivity contribution in [2.45, 2.75) is 26.2 Å². The zero-order chi connectivity index (χ0) is 23.6. The van der Waals surface area contributed by atoms with Crippen molar-refractivity contribution in [2.24, 2.45) is 0 Å². The van der Waals surface area contributed by atoms with Gasteiger partial charge in [-0.15, -0.1) is 0 Å². The number of ether oxygens (including phenoxy) is 2. The van der Waals surface area contributed by atoms with Crippen LogP contribution in [0.1, 0.15) is 23.7 Å². The van der Waals surface area contributed by atoms with Crippen molar-refractivity contribution in [1.29, 1.82) is 5.26 Å². The van der Waals surface area contributed by atoms with E-state index in [4.69, 9.17) is 9.47 Å². The summed E-state index contributed by atoms with van der Waals surface area (Å²) in [6.07, 6.45) is -1.65. The number of nitrogens with zero attached hydrogens (tertiary/aromatic N) is 3. The molecule has 168 valence electrons. The summed E-state index contributed by atoms with van der Waals surface area (Å²) in [7, 11) is 1.53. The average molecular weight is 449 g/mol. The highest BCUT2D eigenvalue weighted by molar-refractivity contribution is 5.98. The lowest BCUT2D eigenvalue weighted by Gasteiger charge is -2.15. The van der Waals surface area contributed by atoms with Gasteiger partial charge in [-0.05, 0) is 42.0 Å². The highest BCUT2D eigenvalue weighted by atomic mass is 19.3. The first-order valence-corrected chi connectivity index (χ1v) is 10.1. The molecule has 2 heterocycles. The highest BCUT2D eigenvalue weighted by Gasteiger charge is 2.23. The molecule has 0 fully saturated rings. The summed E-state index contributed by atoms with van der Waals surface area (Å²) in [6, 6.07) is 17.4. The molecule has 0 atom stereocenters. The minimum atomic E-state index is -3.29. The van der Waals surface area contributed by atoms with E-state index < -0.39 is 6.11 Å². The van der Waals surface area contributed by atoms with Crippen LogP contribution >= 0.6 is 0 Å². The second kappa shape index (κ2) is 8.88. The summed E-state index contributed by atoms with van der Waals surface area (Å²) < 4.78 is 38.4. The number of nitriles is 1. The summed E-state index contributed by atoms with van der Waals surface area (Å²) in [5.74, 6) is 0.503. The first kappa shape index (κ1) is 22.2. The lowest BCUT2D eigenvalue weighted by molar-refractivity contribution is -0.158. The number of rotatable bonds is 7. The van der Waals surface area contributed by atoms with Crippen molar-refractivity contribution in [3.8, 4) is 28.8 Å². The van der Waals surface area contributed by atoms with E-state index >= 15 is 0 Å². The molecule has 0 amide bonds. The van der Waals surface area contributed by atoms with Crippen LogP contribution in [0.25, 0.3) is 22.0 Å². The summed E-state index contributed by atoms with van der Waals surface area (Å²) in [5.41, 5.74) is 4.09. The van der Waals surface area contributed by atoms with Gasteiger partial charge in [0.2, 0.25) is 5.88 Å². The van der Waals surface area contributed by atoms with E-state index in [0.29, 0.717) is 36.2 Å². The van der Waals surface area contributed by atoms with E-state index in [-0.39, 0.29) is 12.4 Å². The maximum atomic E-state index is 13.3. The monoisotopic (exact) mass is 449 g/mol. The maximum absolute atomic E-state index is 13.3. The number of aromatic nitrogens is 2. The van der Waals surface area contributed by atoms with E-state index in [0.717, 1.165) is 22.0 Å². The van der Waals surface area contributed by atoms with Crippen LogP contribution in [0.15, 0.2) is 60.8 Å². The number of methoxy groups -OCH3 is 1. The Morgan fingerprint density at radius 3 is 2.61 bits per heavy atom. The molecule has 0 unspecified atom stereocenters. The highest BCUT2D eigenvalue weighted by Crippen LogP contribution is 2.37. The molecular formula is C25H21F2N3O3. The molecule has 1 N–H and O–H groups in total. The van der Waals surface area contributed by atoms with E-state index in [9.17, 15) is 19.1 Å². The van der Waals surface area contributed by atoms with Gasteiger partial charge >= 0.3 is 6.11 Å². The number of fused-ring (bicyclic) bond motifs is 1. The van der Waals surface area contributed by atoms with E-state index in [1.54, 1.807) is 42.6 Å². The fourth-order valence-electron chi connectivity index (χ4n) is 3.89. The van der Waals surface area contributed by atoms with Crippen LogP contribution < -0.4 is 9.47 Å². The lowest BCUT2D eigenvalue weighted by atomic mass is 10.0. The predicted molar refractivity (Wildman–Crippen MR) is 119 cm³/mol. The Morgan fingerprint density at radius 2 is 1.97 bits per heavy atom. The van der Waals surface area contributed by atoms with Crippen molar-refractivity contribution >= 4 is 10.9 Å². The third kappa shape index (κ3) is 4.64. The number of hydrogen-bond donors (Lipinski definition) is 1. The molecule has 0 aliphatic heterocycles. The Labute approximate surface area is 189 Å². The van der Waals surface area contributed by atoms with Crippen molar-refractivity contribution in [1.82, 2.24) is 9.55 Å². The molecule has 0 aliphatic rings. The third-order valence-electron chi connectivity index (χ3n) is 5.22. The van der Waals surface area contributed by atoms with Crippen molar-refractivity contribution in [3.63, 3.8) is 0 Å². The summed E-state index contributed by atoms with van der Waals surface area (Å²) in [6.45, 7) is 0.709. The second-order valence-corrected chi connectivity index (χ2v) is 7.56. The number of hydrogen-bond acceptors (Lipinski definition) is 5. The molecule has 6 nitrogen and oxygen atoms in total. The molecule has 4 rings (SSSR count). The number of pyridine rings is 1. The van der Waals surface area contributed by atoms with Crippen LogP contribution in [0.3, 0.4) is 0 Å². The number of benzene rings is 2. The smallest absolute Gasteiger partial charge is 0.394 e. The topological polar surface area (TPSA) is 80.3 Å². The fraction of sp³-hybridized carbons (Fsp3) is 0.200. The first-order chi connectivity index (χ1) is 15.8. The van der Waals surface area contributed by atoms with Gasteiger partial charge < -0.3 is 19.1 Å². The molecular weight excluding hydrogens is 428 g/mol. The van der Waals surface area contributed by atoms with Crippen LogP contribution in [0.2, 0.25) is 0 Å². The second-order valence-electron chi connectivity index (χ2n) is 7.56. The van der Waals surface area contributed by atoms with Gasteiger partial charge in [0, 0.05) is 47.8 Å². The maximum Gasteiger partial charge on any atom is 0.394 e. The van der Waals surface area contributed by atoms with Gasteiger partial charge in [0.25, 0.3) is 0 Å². The summed E-state index contributed by atoms with van der Waals surface area (Å²) in [4.78, 5) is 4.27. The van der Waals surface area contributed by atoms with Crippen LogP contribution in [-0.4, -0.2) is 27.9 Å². The Morgan fingerprint density at radius 1 is 1.15 bits per heavy atom. The quantitative estimate of drug-likeness (QED) is 0.424. The van der Waals surface area contributed by atoms with Crippen LogP contribution in [0.5, 0.6) is 11.6 Å². The fourth-order valence-corrected chi connectivity index (χ4v) is 3.89. The summed E-state index contributed by atoms with van der Waals surface area (Å²) >= 11 is 0. The molecule has 0 radical (unpaired) electrons. The molecule has 8 heteroatoms. The third-order valence-corrected chi connectivity index (χ3v) is 5.22. The van der Waals surface area contributed by atoms with Gasteiger partial charge in [0.05, 0.1) is 31.0 Å². The Balaban J connectivity index is 1.87. The van der Waals surface area contributed by atoms with E-state index in [1.165, 1.54) is 13.2 Å².